The van der Waals surface area contributed by atoms with Gasteiger partial charge in [0.25, 0.3) is 5.91 Å². The number of nitrogens with one attached hydrogen (secondary N) is 3. The maximum atomic E-state index is 12.6. The highest BCUT2D eigenvalue weighted by Crippen LogP contribution is 2.35. The van der Waals surface area contributed by atoms with Crippen LogP contribution in [-0.4, -0.2) is 66.7 Å². The molecule has 2 amide bonds. The number of nitrogens with zero attached hydrogens (tertiary/aromatic N) is 3. The predicted octanol–water partition coefficient (Wildman–Crippen LogP) is 0.145. The quantitative estimate of drug-likeness (QED) is 0.388. The van der Waals surface area contributed by atoms with E-state index < -0.39 is 0 Å². The number of carbonyl (C=O) groups excluding carboxylic acids is 2. The average molecular weight is 370 g/mol. The first kappa shape index (κ1) is 17.2. The molecule has 0 spiro atoms. The number of aromatic amines is 1. The fraction of sp³-hybridized carbons (Fsp3) is 0.333. The number of hydrogen-bond acceptors (Lipinski definition) is 6. The fourth-order valence-electron chi connectivity index (χ4n) is 3.30. The summed E-state index contributed by atoms with van der Waals surface area (Å²) in [4.78, 5) is 30.5. The second-order valence-corrected chi connectivity index (χ2v) is 6.49. The minimum absolute atomic E-state index is 0.0417. The molecule has 0 fully saturated rings. The zero-order valence-electron chi connectivity index (χ0n) is 15.0. The van der Waals surface area contributed by atoms with Crippen LogP contribution in [-0.2, 0) is 4.79 Å². The molecule has 1 atom stereocenters. The summed E-state index contributed by atoms with van der Waals surface area (Å²) in [7, 11) is 1.64. The average Bonchev–Trinajstić information content (AvgIpc) is 3.37. The van der Waals surface area contributed by atoms with Crippen LogP contribution in [0.4, 0.5) is 5.82 Å². The lowest BCUT2D eigenvalue weighted by atomic mass is 10.2. The Hall–Kier alpha value is -3.20. The summed E-state index contributed by atoms with van der Waals surface area (Å²) in [5.41, 5.74) is 4.47. The van der Waals surface area contributed by atoms with Crippen LogP contribution in [0.3, 0.4) is 0 Å². The van der Waals surface area contributed by atoms with Crippen molar-refractivity contribution in [1.82, 2.24) is 25.6 Å². The maximum Gasteiger partial charge on any atom is 0.271 e. The number of fused-ring (bicyclic) bond motifs is 1. The van der Waals surface area contributed by atoms with Gasteiger partial charge >= 0.3 is 0 Å². The highest BCUT2D eigenvalue weighted by atomic mass is 16.5. The Morgan fingerprint density at radius 2 is 2.22 bits per heavy atom. The van der Waals surface area contributed by atoms with E-state index in [0.717, 1.165) is 11.5 Å². The zero-order chi connectivity index (χ0) is 18.8. The fourth-order valence-corrected chi connectivity index (χ4v) is 3.30. The molecule has 3 aliphatic heterocycles. The number of carbonyl (C=O) groups is 2. The van der Waals surface area contributed by atoms with Gasteiger partial charge < -0.3 is 24.8 Å². The highest BCUT2D eigenvalue weighted by molar-refractivity contribution is 5.94. The van der Waals surface area contributed by atoms with Crippen LogP contribution in [0, 0.1) is 0 Å². The number of amides is 2. The van der Waals surface area contributed by atoms with Crippen molar-refractivity contribution < 1.29 is 14.3 Å². The van der Waals surface area contributed by atoms with E-state index in [-0.39, 0.29) is 12.1 Å². The predicted molar refractivity (Wildman–Crippen MR) is 99.8 cm³/mol. The molecule has 27 heavy (non-hydrogen) atoms. The van der Waals surface area contributed by atoms with E-state index in [0.29, 0.717) is 44.1 Å². The van der Waals surface area contributed by atoms with E-state index in [1.807, 2.05) is 30.5 Å². The number of hydrazine groups is 1. The van der Waals surface area contributed by atoms with Crippen molar-refractivity contribution >= 4 is 18.1 Å². The van der Waals surface area contributed by atoms with Crippen LogP contribution in [0.15, 0.2) is 42.3 Å². The smallest absolute Gasteiger partial charge is 0.271 e. The molecule has 1 unspecified atom stereocenters. The summed E-state index contributed by atoms with van der Waals surface area (Å²) in [6.07, 6.45) is 10.2. The second kappa shape index (κ2) is 7.20. The summed E-state index contributed by atoms with van der Waals surface area (Å²) in [6, 6.07) is 1.77. The number of aromatic nitrogens is 1. The van der Waals surface area contributed by atoms with Crippen molar-refractivity contribution in [3.8, 4) is 5.75 Å². The van der Waals surface area contributed by atoms with Gasteiger partial charge in [0.1, 0.15) is 18.5 Å². The third-order valence-corrected chi connectivity index (χ3v) is 4.62. The Labute approximate surface area is 156 Å². The molecule has 1 aromatic rings. The lowest BCUT2D eigenvalue weighted by molar-refractivity contribution is -0.119. The van der Waals surface area contributed by atoms with Gasteiger partial charge in [-0.25, -0.2) is 5.43 Å². The normalized spacial score (nSPS) is 20.6. The third kappa shape index (κ3) is 3.41. The van der Waals surface area contributed by atoms with Crippen molar-refractivity contribution in [1.29, 1.82) is 0 Å². The van der Waals surface area contributed by atoms with Crippen molar-refractivity contribution in [3.63, 3.8) is 0 Å². The van der Waals surface area contributed by atoms with Crippen molar-refractivity contribution in [2.24, 2.45) is 0 Å². The van der Waals surface area contributed by atoms with Gasteiger partial charge in [0.2, 0.25) is 6.41 Å². The van der Waals surface area contributed by atoms with Crippen molar-refractivity contribution in [2.45, 2.75) is 6.17 Å². The first-order chi connectivity index (χ1) is 13.2. The van der Waals surface area contributed by atoms with Crippen LogP contribution >= 0.6 is 0 Å². The Kier molecular flexibility index (Phi) is 4.59. The summed E-state index contributed by atoms with van der Waals surface area (Å²) in [6.45, 7) is 2.43. The van der Waals surface area contributed by atoms with Crippen LogP contribution in [0.1, 0.15) is 10.5 Å². The van der Waals surface area contributed by atoms with E-state index in [9.17, 15) is 9.59 Å². The summed E-state index contributed by atoms with van der Waals surface area (Å²) < 4.78 is 5.75. The molecule has 0 saturated heterocycles. The number of anilines is 1. The number of dihydropyridines is 1. The Morgan fingerprint density at radius 3 is 3.00 bits per heavy atom. The molecular weight excluding hydrogens is 348 g/mol. The zero-order valence-corrected chi connectivity index (χ0v) is 15.0. The molecule has 3 N–H and O–H groups in total. The van der Waals surface area contributed by atoms with Gasteiger partial charge in [-0.05, 0) is 18.4 Å². The maximum absolute atomic E-state index is 12.6. The van der Waals surface area contributed by atoms with Gasteiger partial charge in [-0.1, -0.05) is 12.2 Å². The molecule has 9 heteroatoms. The molecule has 9 nitrogen and oxygen atoms in total. The SMILES string of the molecule is CN(C=O)NC1C=C(N2CCOc3cc(C(=O)N4CC=CC4)[nH]c32)C=CN1. The van der Waals surface area contributed by atoms with E-state index in [4.69, 9.17) is 4.74 Å². The molecule has 0 bridgehead atoms. The lowest BCUT2D eigenvalue weighted by Gasteiger charge is -2.32. The summed E-state index contributed by atoms with van der Waals surface area (Å²) in [5, 5.41) is 4.49. The van der Waals surface area contributed by atoms with E-state index in [1.54, 1.807) is 18.0 Å². The summed E-state index contributed by atoms with van der Waals surface area (Å²) in [5.74, 6) is 1.39. The first-order valence-electron chi connectivity index (χ1n) is 8.82. The van der Waals surface area contributed by atoms with Crippen LogP contribution < -0.4 is 20.4 Å². The number of H-pyrrole nitrogens is 1. The Bertz CT molecular complexity index is 819. The molecule has 0 radical (unpaired) electrons. The Balaban J connectivity index is 1.56. The van der Waals surface area contributed by atoms with E-state index >= 15 is 0 Å². The minimum Gasteiger partial charge on any atom is -0.488 e. The van der Waals surface area contributed by atoms with Gasteiger partial charge in [0.15, 0.2) is 11.6 Å². The second-order valence-electron chi connectivity index (χ2n) is 6.49. The largest absolute Gasteiger partial charge is 0.488 e. The number of rotatable bonds is 5. The Morgan fingerprint density at radius 1 is 1.41 bits per heavy atom. The lowest BCUT2D eigenvalue weighted by Crippen LogP contribution is -2.48. The molecule has 0 aromatic carbocycles. The van der Waals surface area contributed by atoms with Crippen molar-refractivity contribution in [2.75, 3.05) is 38.2 Å². The molecule has 0 saturated carbocycles. The number of allylic oxidation sites excluding steroid dienone is 1. The van der Waals surface area contributed by atoms with Crippen LogP contribution in [0.2, 0.25) is 0 Å². The molecule has 4 rings (SSSR count). The van der Waals surface area contributed by atoms with Crippen molar-refractivity contribution in [3.05, 3.63) is 48.0 Å². The first-order valence-corrected chi connectivity index (χ1v) is 8.82. The third-order valence-electron chi connectivity index (χ3n) is 4.62. The summed E-state index contributed by atoms with van der Waals surface area (Å²) >= 11 is 0. The molecular formula is C18H22N6O3. The molecule has 1 aromatic heterocycles. The monoisotopic (exact) mass is 370 g/mol. The number of hydrogen-bond donors (Lipinski definition) is 3. The minimum atomic E-state index is -0.224. The van der Waals surface area contributed by atoms with Crippen LogP contribution in [0.5, 0.6) is 5.75 Å². The van der Waals surface area contributed by atoms with E-state index in [1.165, 1.54) is 5.01 Å². The molecule has 0 aliphatic carbocycles. The van der Waals surface area contributed by atoms with Gasteiger partial charge in [0.05, 0.1) is 6.54 Å². The topological polar surface area (TPSA) is 92.9 Å². The van der Waals surface area contributed by atoms with Gasteiger partial charge in [-0.3, -0.25) is 14.6 Å². The highest BCUT2D eigenvalue weighted by Gasteiger charge is 2.28. The van der Waals surface area contributed by atoms with Gasteiger partial charge in [0, 0.05) is 31.9 Å². The number of ether oxygens (including phenoxy) is 1. The standard InChI is InChI=1S/C18H22N6O3/c1-22(12-25)21-16-10-13(4-5-19-16)24-8-9-27-15-11-14(20-17(15)24)18(26)23-6-2-3-7-23/h2-5,10-12,16,19-21H,6-9H2,1H3. The molecule has 142 valence electrons. The van der Waals surface area contributed by atoms with E-state index in [2.05, 4.69) is 20.6 Å². The van der Waals surface area contributed by atoms with Gasteiger partial charge in [-0.15, -0.1) is 0 Å². The molecule has 3 aliphatic rings. The van der Waals surface area contributed by atoms with Gasteiger partial charge in [-0.2, -0.15) is 0 Å². The van der Waals surface area contributed by atoms with Crippen LogP contribution in [0.25, 0.3) is 0 Å². The molecule has 4 heterocycles.